The van der Waals surface area contributed by atoms with E-state index in [9.17, 15) is 4.79 Å². The molecule has 0 saturated heterocycles. The molecule has 0 radical (unpaired) electrons. The molecule has 0 fully saturated rings. The predicted octanol–water partition coefficient (Wildman–Crippen LogP) is 0.652. The molecule has 1 aromatic heterocycles. The fraction of sp³-hybridized carbons (Fsp3) is 0.286. The molecular formula is C7H9N3O. The van der Waals surface area contributed by atoms with Crippen LogP contribution in [0.15, 0.2) is 12.4 Å². The van der Waals surface area contributed by atoms with Crippen LogP contribution in [0.2, 0.25) is 0 Å². The number of nitrogen functional groups attached to an aromatic ring is 1. The molecule has 0 unspecified atom stereocenters. The quantitative estimate of drug-likeness (QED) is 0.630. The van der Waals surface area contributed by atoms with Crippen LogP contribution in [-0.2, 0) is 0 Å². The lowest BCUT2D eigenvalue weighted by atomic mass is 10.2. The van der Waals surface area contributed by atoms with Crippen LogP contribution in [0.3, 0.4) is 0 Å². The Balaban J connectivity index is 3.03. The summed E-state index contributed by atoms with van der Waals surface area (Å²) in [4.78, 5) is 18.6. The van der Waals surface area contributed by atoms with E-state index in [1.165, 1.54) is 12.4 Å². The highest BCUT2D eigenvalue weighted by atomic mass is 16.1. The topological polar surface area (TPSA) is 68.9 Å². The zero-order valence-corrected chi connectivity index (χ0v) is 6.24. The van der Waals surface area contributed by atoms with E-state index in [1.54, 1.807) is 6.92 Å². The number of Topliss-reactive ketones (excluding diaryl/α,β-unsaturated/α-hetero) is 1. The molecule has 1 heterocycles. The summed E-state index contributed by atoms with van der Waals surface area (Å²) < 4.78 is 0. The first-order valence-electron chi connectivity index (χ1n) is 3.35. The maximum atomic E-state index is 11.1. The summed E-state index contributed by atoms with van der Waals surface area (Å²) >= 11 is 0. The van der Waals surface area contributed by atoms with Gasteiger partial charge in [-0.1, -0.05) is 6.92 Å². The Morgan fingerprint density at radius 1 is 1.55 bits per heavy atom. The molecule has 11 heavy (non-hydrogen) atoms. The van der Waals surface area contributed by atoms with Crippen molar-refractivity contribution in [3.05, 3.63) is 18.1 Å². The van der Waals surface area contributed by atoms with E-state index in [-0.39, 0.29) is 17.3 Å². The number of hydrogen-bond acceptors (Lipinski definition) is 4. The summed E-state index contributed by atoms with van der Waals surface area (Å²) in [6, 6.07) is 0. The molecule has 0 spiro atoms. The predicted molar refractivity (Wildman–Crippen MR) is 41.1 cm³/mol. The zero-order valence-electron chi connectivity index (χ0n) is 6.24. The number of nitrogens with zero attached hydrogens (tertiary/aromatic N) is 2. The Morgan fingerprint density at radius 3 is 2.73 bits per heavy atom. The summed E-state index contributed by atoms with van der Waals surface area (Å²) in [5.41, 5.74) is 5.68. The van der Waals surface area contributed by atoms with Gasteiger partial charge in [-0.15, -0.1) is 0 Å². The monoisotopic (exact) mass is 151 g/mol. The fourth-order valence-electron chi connectivity index (χ4n) is 0.731. The molecule has 0 saturated carbocycles. The van der Waals surface area contributed by atoms with E-state index in [0.717, 1.165) is 0 Å². The molecule has 0 bridgehead atoms. The van der Waals surface area contributed by atoms with E-state index in [4.69, 9.17) is 5.73 Å². The second-order valence-corrected chi connectivity index (χ2v) is 2.07. The van der Waals surface area contributed by atoms with E-state index in [0.29, 0.717) is 6.42 Å². The number of rotatable bonds is 2. The highest BCUT2D eigenvalue weighted by molar-refractivity contribution is 5.97. The number of anilines is 1. The van der Waals surface area contributed by atoms with Gasteiger partial charge in [0.2, 0.25) is 0 Å². The average molecular weight is 151 g/mol. The summed E-state index contributed by atoms with van der Waals surface area (Å²) in [7, 11) is 0. The molecule has 0 aliphatic carbocycles. The molecule has 1 aromatic rings. The van der Waals surface area contributed by atoms with Crippen molar-refractivity contribution in [1.82, 2.24) is 9.97 Å². The van der Waals surface area contributed by atoms with E-state index >= 15 is 0 Å². The average Bonchev–Trinajstić information content (AvgIpc) is 2.04. The standard InChI is InChI=1S/C7H9N3O/c1-2-5(11)6-7(8)10-4-3-9-6/h3-4H,2H2,1H3,(H2,8,10). The lowest BCUT2D eigenvalue weighted by Crippen LogP contribution is -2.06. The van der Waals surface area contributed by atoms with Crippen molar-refractivity contribution in [2.24, 2.45) is 0 Å². The molecule has 0 aliphatic heterocycles. The zero-order chi connectivity index (χ0) is 8.27. The van der Waals surface area contributed by atoms with Gasteiger partial charge in [0.25, 0.3) is 0 Å². The van der Waals surface area contributed by atoms with Crippen LogP contribution in [0.25, 0.3) is 0 Å². The second kappa shape index (κ2) is 3.09. The van der Waals surface area contributed by atoms with Gasteiger partial charge >= 0.3 is 0 Å². The molecular weight excluding hydrogens is 142 g/mol. The van der Waals surface area contributed by atoms with Gasteiger partial charge < -0.3 is 5.73 Å². The summed E-state index contributed by atoms with van der Waals surface area (Å²) in [5.74, 6) is 0.134. The number of ketones is 1. The molecule has 2 N–H and O–H groups in total. The van der Waals surface area contributed by atoms with Gasteiger partial charge in [0.05, 0.1) is 0 Å². The van der Waals surface area contributed by atoms with Gasteiger partial charge in [-0.25, -0.2) is 9.97 Å². The third kappa shape index (κ3) is 1.52. The SMILES string of the molecule is CCC(=O)c1nccnc1N. The van der Waals surface area contributed by atoms with Gasteiger partial charge in [0.15, 0.2) is 11.6 Å². The van der Waals surface area contributed by atoms with Crippen molar-refractivity contribution in [1.29, 1.82) is 0 Å². The molecule has 0 aliphatic rings. The summed E-state index contributed by atoms with van der Waals surface area (Å²) in [5, 5.41) is 0. The Bertz CT molecular complexity index is 272. The number of aromatic nitrogens is 2. The van der Waals surface area contributed by atoms with Crippen LogP contribution in [-0.4, -0.2) is 15.8 Å². The Kier molecular flexibility index (Phi) is 2.15. The number of hydrogen-bond donors (Lipinski definition) is 1. The third-order valence-electron chi connectivity index (χ3n) is 1.31. The van der Waals surface area contributed by atoms with Crippen LogP contribution in [0.1, 0.15) is 23.8 Å². The van der Waals surface area contributed by atoms with Crippen molar-refractivity contribution in [3.8, 4) is 0 Å². The first-order chi connectivity index (χ1) is 5.25. The lowest BCUT2D eigenvalue weighted by molar-refractivity contribution is 0.0984. The molecule has 0 amide bonds. The maximum Gasteiger partial charge on any atom is 0.184 e. The Morgan fingerprint density at radius 2 is 2.18 bits per heavy atom. The number of carbonyl (C=O) groups is 1. The van der Waals surface area contributed by atoms with Crippen LogP contribution >= 0.6 is 0 Å². The molecule has 4 nitrogen and oxygen atoms in total. The van der Waals surface area contributed by atoms with Crippen LogP contribution < -0.4 is 5.73 Å². The smallest absolute Gasteiger partial charge is 0.184 e. The normalized spacial score (nSPS) is 9.55. The minimum Gasteiger partial charge on any atom is -0.382 e. The lowest BCUT2D eigenvalue weighted by Gasteiger charge is -1.97. The first-order valence-corrected chi connectivity index (χ1v) is 3.35. The molecule has 4 heteroatoms. The number of carbonyl (C=O) groups excluding carboxylic acids is 1. The molecule has 0 aromatic carbocycles. The van der Waals surface area contributed by atoms with Crippen LogP contribution in [0.4, 0.5) is 5.82 Å². The Hall–Kier alpha value is -1.45. The summed E-state index contributed by atoms with van der Waals surface area (Å²) in [6.07, 6.45) is 3.32. The van der Waals surface area contributed by atoms with Gasteiger partial charge in [-0.3, -0.25) is 4.79 Å². The van der Waals surface area contributed by atoms with Crippen molar-refractivity contribution in [2.75, 3.05) is 5.73 Å². The van der Waals surface area contributed by atoms with Gasteiger partial charge in [0, 0.05) is 18.8 Å². The minimum atomic E-state index is -0.0735. The largest absolute Gasteiger partial charge is 0.382 e. The van der Waals surface area contributed by atoms with E-state index < -0.39 is 0 Å². The van der Waals surface area contributed by atoms with Gasteiger partial charge in [-0.2, -0.15) is 0 Å². The minimum absolute atomic E-state index is 0.0735. The van der Waals surface area contributed by atoms with E-state index in [1.807, 2.05) is 0 Å². The third-order valence-corrected chi connectivity index (χ3v) is 1.31. The van der Waals surface area contributed by atoms with Crippen LogP contribution in [0, 0.1) is 0 Å². The van der Waals surface area contributed by atoms with Crippen molar-refractivity contribution in [2.45, 2.75) is 13.3 Å². The van der Waals surface area contributed by atoms with Crippen molar-refractivity contribution >= 4 is 11.6 Å². The maximum absolute atomic E-state index is 11.1. The van der Waals surface area contributed by atoms with E-state index in [2.05, 4.69) is 9.97 Å². The second-order valence-electron chi connectivity index (χ2n) is 2.07. The van der Waals surface area contributed by atoms with Gasteiger partial charge in [0.1, 0.15) is 5.69 Å². The Labute approximate surface area is 64.5 Å². The molecule has 1 rings (SSSR count). The number of nitrogens with two attached hydrogens (primary N) is 1. The first kappa shape index (κ1) is 7.65. The molecule has 0 atom stereocenters. The van der Waals surface area contributed by atoms with Crippen molar-refractivity contribution in [3.63, 3.8) is 0 Å². The van der Waals surface area contributed by atoms with Crippen LogP contribution in [0.5, 0.6) is 0 Å². The van der Waals surface area contributed by atoms with Gasteiger partial charge in [-0.05, 0) is 0 Å². The highest BCUT2D eigenvalue weighted by Gasteiger charge is 2.08. The fourth-order valence-corrected chi connectivity index (χ4v) is 0.731. The summed E-state index contributed by atoms with van der Waals surface area (Å²) in [6.45, 7) is 1.76. The highest BCUT2D eigenvalue weighted by Crippen LogP contribution is 2.05. The molecule has 58 valence electrons. The van der Waals surface area contributed by atoms with Crippen molar-refractivity contribution < 1.29 is 4.79 Å².